The van der Waals surface area contributed by atoms with Crippen LogP contribution in [0.25, 0.3) is 6.08 Å². The van der Waals surface area contributed by atoms with Crippen LogP contribution in [-0.4, -0.2) is 25.0 Å². The third-order valence-electron chi connectivity index (χ3n) is 5.45. The fraction of sp³-hybridized carbons (Fsp3) is 0.148. The standard InChI is InChI=1S/C27H24N2O5/c1-17-9-12-23(18(2)13-17)29-26(31)22(25(30)28-27(29)32)14-20-10-11-21(33-3)15-24(20)34-16-19-7-5-4-6-8-19/h4-15H,16H2,1-3H3,(H,28,30,32)/b22-14+. The van der Waals surface area contributed by atoms with Crippen molar-refractivity contribution in [1.29, 1.82) is 0 Å². The third kappa shape index (κ3) is 4.68. The Labute approximate surface area is 197 Å². The summed E-state index contributed by atoms with van der Waals surface area (Å²) in [5, 5.41) is 2.26. The van der Waals surface area contributed by atoms with Crippen molar-refractivity contribution < 1.29 is 23.9 Å². The Morgan fingerprint density at radius 1 is 0.941 bits per heavy atom. The van der Waals surface area contributed by atoms with E-state index in [0.29, 0.717) is 22.7 Å². The number of hydrogen-bond acceptors (Lipinski definition) is 5. The molecule has 1 fully saturated rings. The number of aryl methyl sites for hydroxylation is 2. The first-order valence-electron chi connectivity index (χ1n) is 10.7. The number of anilines is 1. The largest absolute Gasteiger partial charge is 0.497 e. The number of rotatable bonds is 6. The zero-order chi connectivity index (χ0) is 24.2. The van der Waals surface area contributed by atoms with E-state index in [1.54, 1.807) is 31.4 Å². The van der Waals surface area contributed by atoms with E-state index in [9.17, 15) is 14.4 Å². The van der Waals surface area contributed by atoms with E-state index in [1.807, 2.05) is 56.3 Å². The van der Waals surface area contributed by atoms with Gasteiger partial charge in [0.25, 0.3) is 11.8 Å². The van der Waals surface area contributed by atoms with Crippen molar-refractivity contribution >= 4 is 29.6 Å². The fourth-order valence-electron chi connectivity index (χ4n) is 3.71. The second kappa shape index (κ2) is 9.62. The molecule has 1 heterocycles. The average Bonchev–Trinajstić information content (AvgIpc) is 2.82. The van der Waals surface area contributed by atoms with Gasteiger partial charge in [-0.25, -0.2) is 9.69 Å². The molecule has 0 atom stereocenters. The van der Waals surface area contributed by atoms with Crippen LogP contribution in [0.15, 0.2) is 72.3 Å². The number of imide groups is 2. The molecule has 1 aliphatic heterocycles. The van der Waals surface area contributed by atoms with Crippen molar-refractivity contribution in [3.05, 3.63) is 94.6 Å². The Hall–Kier alpha value is -4.39. The highest BCUT2D eigenvalue weighted by Crippen LogP contribution is 2.30. The maximum absolute atomic E-state index is 13.3. The van der Waals surface area contributed by atoms with Gasteiger partial charge in [-0.15, -0.1) is 0 Å². The van der Waals surface area contributed by atoms with Crippen LogP contribution in [0, 0.1) is 13.8 Å². The smallest absolute Gasteiger partial charge is 0.335 e. The number of amides is 4. The first kappa shape index (κ1) is 22.8. The van der Waals surface area contributed by atoms with Gasteiger partial charge in [0.05, 0.1) is 12.8 Å². The molecule has 4 amide bonds. The average molecular weight is 456 g/mol. The first-order valence-corrected chi connectivity index (χ1v) is 10.7. The van der Waals surface area contributed by atoms with Crippen LogP contribution in [0.3, 0.4) is 0 Å². The Bertz CT molecular complexity index is 1300. The molecule has 7 heteroatoms. The number of methoxy groups -OCH3 is 1. The Morgan fingerprint density at radius 3 is 2.41 bits per heavy atom. The van der Waals surface area contributed by atoms with Crippen molar-refractivity contribution in [3.8, 4) is 11.5 Å². The monoisotopic (exact) mass is 456 g/mol. The maximum Gasteiger partial charge on any atom is 0.335 e. The fourth-order valence-corrected chi connectivity index (χ4v) is 3.71. The minimum absolute atomic E-state index is 0.172. The molecule has 1 aliphatic rings. The van der Waals surface area contributed by atoms with Gasteiger partial charge in [-0.3, -0.25) is 14.9 Å². The highest BCUT2D eigenvalue weighted by Gasteiger charge is 2.37. The van der Waals surface area contributed by atoms with Gasteiger partial charge in [0.1, 0.15) is 23.7 Å². The number of nitrogens with zero attached hydrogens (tertiary/aromatic N) is 1. The maximum atomic E-state index is 13.3. The van der Waals surface area contributed by atoms with Crippen LogP contribution in [-0.2, 0) is 16.2 Å². The highest BCUT2D eigenvalue weighted by atomic mass is 16.5. The molecule has 7 nitrogen and oxygen atoms in total. The SMILES string of the molecule is COc1ccc(/C=C2\C(=O)NC(=O)N(c3ccc(C)cc3C)C2=O)c(OCc2ccccc2)c1. The van der Waals surface area contributed by atoms with Crippen LogP contribution < -0.4 is 19.7 Å². The van der Waals surface area contributed by atoms with Gasteiger partial charge in [-0.05, 0) is 49.2 Å². The summed E-state index contributed by atoms with van der Waals surface area (Å²) in [6.07, 6.45) is 1.43. The van der Waals surface area contributed by atoms with Gasteiger partial charge in [0.15, 0.2) is 0 Å². The van der Waals surface area contributed by atoms with Crippen LogP contribution in [0.1, 0.15) is 22.3 Å². The zero-order valence-corrected chi connectivity index (χ0v) is 19.1. The van der Waals surface area contributed by atoms with Gasteiger partial charge < -0.3 is 9.47 Å². The summed E-state index contributed by atoms with van der Waals surface area (Å²) in [5.41, 5.74) is 3.45. The number of ether oxygens (including phenoxy) is 2. The number of carbonyl (C=O) groups excluding carboxylic acids is 3. The molecule has 1 N–H and O–H groups in total. The Balaban J connectivity index is 1.71. The molecule has 4 rings (SSSR count). The van der Waals surface area contributed by atoms with Crippen molar-refractivity contribution in [1.82, 2.24) is 5.32 Å². The van der Waals surface area contributed by atoms with Crippen molar-refractivity contribution in [2.24, 2.45) is 0 Å². The summed E-state index contributed by atoms with van der Waals surface area (Å²) in [6, 6.07) is 19.3. The number of nitrogens with one attached hydrogen (secondary N) is 1. The molecule has 0 saturated carbocycles. The van der Waals surface area contributed by atoms with E-state index in [1.165, 1.54) is 6.08 Å². The van der Waals surface area contributed by atoms with E-state index in [2.05, 4.69) is 5.32 Å². The molecule has 34 heavy (non-hydrogen) atoms. The molecule has 0 bridgehead atoms. The summed E-state index contributed by atoms with van der Waals surface area (Å²) in [7, 11) is 1.54. The van der Waals surface area contributed by atoms with E-state index < -0.39 is 17.8 Å². The summed E-state index contributed by atoms with van der Waals surface area (Å²) >= 11 is 0. The number of benzene rings is 3. The number of barbiturate groups is 1. The van der Waals surface area contributed by atoms with Crippen molar-refractivity contribution in [3.63, 3.8) is 0 Å². The normalized spacial score (nSPS) is 14.9. The van der Waals surface area contributed by atoms with E-state index in [-0.39, 0.29) is 12.2 Å². The molecule has 172 valence electrons. The van der Waals surface area contributed by atoms with Crippen LogP contribution >= 0.6 is 0 Å². The van der Waals surface area contributed by atoms with Crippen LogP contribution in [0.4, 0.5) is 10.5 Å². The minimum atomic E-state index is -0.783. The molecular weight excluding hydrogens is 432 g/mol. The molecule has 0 radical (unpaired) electrons. The predicted octanol–water partition coefficient (Wildman–Crippen LogP) is 4.56. The number of hydrogen-bond donors (Lipinski definition) is 1. The molecule has 0 aliphatic carbocycles. The van der Waals surface area contributed by atoms with Crippen LogP contribution in [0.2, 0.25) is 0 Å². The van der Waals surface area contributed by atoms with E-state index >= 15 is 0 Å². The lowest BCUT2D eigenvalue weighted by molar-refractivity contribution is -0.122. The lowest BCUT2D eigenvalue weighted by Crippen LogP contribution is -2.54. The molecular formula is C27H24N2O5. The lowest BCUT2D eigenvalue weighted by atomic mass is 10.0. The molecule has 3 aromatic rings. The van der Waals surface area contributed by atoms with Gasteiger partial charge >= 0.3 is 6.03 Å². The topological polar surface area (TPSA) is 84.9 Å². The first-order chi connectivity index (χ1) is 16.4. The number of carbonyl (C=O) groups is 3. The summed E-state index contributed by atoms with van der Waals surface area (Å²) in [4.78, 5) is 39.5. The van der Waals surface area contributed by atoms with Gasteiger partial charge in [0, 0.05) is 11.6 Å². The van der Waals surface area contributed by atoms with E-state index in [0.717, 1.165) is 21.6 Å². The van der Waals surface area contributed by atoms with Gasteiger partial charge in [-0.2, -0.15) is 0 Å². The van der Waals surface area contributed by atoms with Crippen molar-refractivity contribution in [2.45, 2.75) is 20.5 Å². The second-order valence-electron chi connectivity index (χ2n) is 7.93. The lowest BCUT2D eigenvalue weighted by Gasteiger charge is -2.27. The predicted molar refractivity (Wildman–Crippen MR) is 129 cm³/mol. The Morgan fingerprint density at radius 2 is 1.71 bits per heavy atom. The molecule has 0 spiro atoms. The zero-order valence-electron chi connectivity index (χ0n) is 19.1. The van der Waals surface area contributed by atoms with E-state index in [4.69, 9.17) is 9.47 Å². The number of urea groups is 1. The Kier molecular flexibility index (Phi) is 6.45. The minimum Gasteiger partial charge on any atom is -0.497 e. The summed E-state index contributed by atoms with van der Waals surface area (Å²) in [5.74, 6) is -0.464. The van der Waals surface area contributed by atoms with Gasteiger partial charge in [-0.1, -0.05) is 48.0 Å². The second-order valence-corrected chi connectivity index (χ2v) is 7.93. The van der Waals surface area contributed by atoms with Gasteiger partial charge in [0.2, 0.25) is 0 Å². The molecule has 1 saturated heterocycles. The highest BCUT2D eigenvalue weighted by molar-refractivity contribution is 6.39. The molecule has 0 unspecified atom stereocenters. The summed E-state index contributed by atoms with van der Waals surface area (Å²) in [6.45, 7) is 4.02. The van der Waals surface area contributed by atoms with Crippen molar-refractivity contribution in [2.75, 3.05) is 12.0 Å². The molecule has 3 aromatic carbocycles. The molecule has 0 aromatic heterocycles. The third-order valence-corrected chi connectivity index (χ3v) is 5.45. The quantitative estimate of drug-likeness (QED) is 0.434. The summed E-state index contributed by atoms with van der Waals surface area (Å²) < 4.78 is 11.3. The van der Waals surface area contributed by atoms with Crippen LogP contribution in [0.5, 0.6) is 11.5 Å².